The van der Waals surface area contributed by atoms with Gasteiger partial charge in [0.15, 0.2) is 11.5 Å². The molecule has 0 radical (unpaired) electrons. The highest BCUT2D eigenvalue weighted by molar-refractivity contribution is 5.90. The SMILES string of the molecule is CCOc1cccc(C2NCCN=C2NCc2ccc(OC)cc2)c1O. The van der Waals surface area contributed by atoms with E-state index in [-0.39, 0.29) is 11.8 Å². The van der Waals surface area contributed by atoms with Gasteiger partial charge in [-0.2, -0.15) is 0 Å². The summed E-state index contributed by atoms with van der Waals surface area (Å²) in [6.07, 6.45) is 0. The molecule has 0 fully saturated rings. The van der Waals surface area contributed by atoms with Crippen molar-refractivity contribution in [1.29, 1.82) is 0 Å². The van der Waals surface area contributed by atoms with Crippen LogP contribution in [-0.2, 0) is 6.54 Å². The zero-order chi connectivity index (χ0) is 18.4. The van der Waals surface area contributed by atoms with Gasteiger partial charge in [0.25, 0.3) is 0 Å². The fourth-order valence-corrected chi connectivity index (χ4v) is 2.97. The summed E-state index contributed by atoms with van der Waals surface area (Å²) in [6.45, 7) is 4.51. The van der Waals surface area contributed by atoms with E-state index >= 15 is 0 Å². The first-order valence-electron chi connectivity index (χ1n) is 8.82. The minimum absolute atomic E-state index is 0.160. The second-order valence-corrected chi connectivity index (χ2v) is 5.98. The number of nitrogens with one attached hydrogen (secondary N) is 2. The molecule has 6 nitrogen and oxygen atoms in total. The number of rotatable bonds is 6. The van der Waals surface area contributed by atoms with Gasteiger partial charge in [-0.05, 0) is 30.7 Å². The molecule has 2 aromatic rings. The Morgan fingerprint density at radius 2 is 2.04 bits per heavy atom. The van der Waals surface area contributed by atoms with Gasteiger partial charge in [-0.25, -0.2) is 0 Å². The van der Waals surface area contributed by atoms with Crippen LogP contribution in [0.15, 0.2) is 47.5 Å². The number of phenols is 1. The first-order valence-corrected chi connectivity index (χ1v) is 8.82. The number of hydrogen-bond donors (Lipinski definition) is 3. The highest BCUT2D eigenvalue weighted by Gasteiger charge is 2.24. The third-order valence-electron chi connectivity index (χ3n) is 4.29. The van der Waals surface area contributed by atoms with E-state index in [1.54, 1.807) is 13.2 Å². The Labute approximate surface area is 153 Å². The largest absolute Gasteiger partial charge is 0.504 e. The highest BCUT2D eigenvalue weighted by Crippen LogP contribution is 2.34. The van der Waals surface area contributed by atoms with Gasteiger partial charge >= 0.3 is 0 Å². The van der Waals surface area contributed by atoms with E-state index in [1.165, 1.54) is 0 Å². The van der Waals surface area contributed by atoms with Crippen molar-refractivity contribution >= 4 is 5.84 Å². The minimum Gasteiger partial charge on any atom is -0.504 e. The number of phenolic OH excluding ortho intramolecular Hbond substituents is 1. The standard InChI is InChI=1S/C20H25N3O3/c1-3-26-17-6-4-5-16(19(17)24)18-20(22-12-11-21-18)23-13-14-7-9-15(25-2)10-8-14/h4-10,18,21,24H,3,11-13H2,1-2H3,(H,22,23). The molecule has 0 bridgehead atoms. The Kier molecular flexibility index (Phi) is 5.96. The maximum Gasteiger partial charge on any atom is 0.163 e. The predicted octanol–water partition coefficient (Wildman–Crippen LogP) is 2.63. The molecule has 138 valence electrons. The van der Waals surface area contributed by atoms with Crippen molar-refractivity contribution in [2.45, 2.75) is 19.5 Å². The normalized spacial score (nSPS) is 16.7. The van der Waals surface area contributed by atoms with Crippen molar-refractivity contribution in [1.82, 2.24) is 10.6 Å². The lowest BCUT2D eigenvalue weighted by Crippen LogP contribution is -2.42. The number of aliphatic imine (C=N–C) groups is 1. The van der Waals surface area contributed by atoms with Crippen molar-refractivity contribution in [2.24, 2.45) is 4.99 Å². The van der Waals surface area contributed by atoms with Crippen molar-refractivity contribution in [2.75, 3.05) is 26.8 Å². The van der Waals surface area contributed by atoms with Crippen LogP contribution in [0.2, 0.25) is 0 Å². The van der Waals surface area contributed by atoms with Crippen molar-refractivity contribution in [3.63, 3.8) is 0 Å². The molecule has 1 aliphatic rings. The van der Waals surface area contributed by atoms with Gasteiger partial charge in [0.2, 0.25) is 0 Å². The number of methoxy groups -OCH3 is 1. The Morgan fingerprint density at radius 3 is 2.77 bits per heavy atom. The second kappa shape index (κ2) is 8.58. The number of ether oxygens (including phenoxy) is 2. The molecule has 6 heteroatoms. The Bertz CT molecular complexity index is 759. The van der Waals surface area contributed by atoms with Crippen molar-refractivity contribution in [3.05, 3.63) is 53.6 Å². The number of nitrogens with zero attached hydrogens (tertiary/aromatic N) is 1. The zero-order valence-corrected chi connectivity index (χ0v) is 15.2. The molecule has 0 amide bonds. The summed E-state index contributed by atoms with van der Waals surface area (Å²) in [4.78, 5) is 4.62. The van der Waals surface area contributed by atoms with Crippen molar-refractivity contribution < 1.29 is 14.6 Å². The predicted molar refractivity (Wildman–Crippen MR) is 102 cm³/mol. The maximum atomic E-state index is 10.6. The number of hydrogen-bond acceptors (Lipinski definition) is 6. The van der Waals surface area contributed by atoms with Crippen LogP contribution in [0.5, 0.6) is 17.2 Å². The molecule has 2 aromatic carbocycles. The van der Waals surface area contributed by atoms with E-state index in [4.69, 9.17) is 9.47 Å². The molecule has 1 unspecified atom stereocenters. The molecule has 3 rings (SSSR count). The summed E-state index contributed by atoms with van der Waals surface area (Å²) in [6, 6.07) is 13.3. The molecule has 1 aliphatic heterocycles. The lowest BCUT2D eigenvalue weighted by molar-refractivity contribution is 0.315. The van der Waals surface area contributed by atoms with E-state index in [1.807, 2.05) is 43.3 Å². The molecule has 26 heavy (non-hydrogen) atoms. The Hall–Kier alpha value is -2.73. The lowest BCUT2D eigenvalue weighted by atomic mass is 10.0. The van der Waals surface area contributed by atoms with Gasteiger partial charge in [0.1, 0.15) is 11.6 Å². The summed E-state index contributed by atoms with van der Waals surface area (Å²) in [5.41, 5.74) is 1.89. The van der Waals surface area contributed by atoms with Crippen LogP contribution < -0.4 is 20.1 Å². The summed E-state index contributed by atoms with van der Waals surface area (Å²) in [5, 5.41) is 17.4. The van der Waals surface area contributed by atoms with Gasteiger partial charge in [0, 0.05) is 18.7 Å². The summed E-state index contributed by atoms with van der Waals surface area (Å²) >= 11 is 0. The molecular weight excluding hydrogens is 330 g/mol. The Balaban J connectivity index is 1.75. The van der Waals surface area contributed by atoms with Gasteiger partial charge in [0.05, 0.1) is 26.3 Å². The van der Waals surface area contributed by atoms with Crippen LogP contribution in [0.4, 0.5) is 0 Å². The van der Waals surface area contributed by atoms with Crippen LogP contribution in [0, 0.1) is 0 Å². The number of amidine groups is 1. The fourth-order valence-electron chi connectivity index (χ4n) is 2.97. The van der Waals surface area contributed by atoms with E-state index in [9.17, 15) is 5.11 Å². The van der Waals surface area contributed by atoms with Crippen LogP contribution >= 0.6 is 0 Å². The molecule has 1 atom stereocenters. The number of para-hydroxylation sites is 1. The molecule has 0 spiro atoms. The average molecular weight is 355 g/mol. The third kappa shape index (κ3) is 4.08. The van der Waals surface area contributed by atoms with E-state index in [0.717, 1.165) is 29.3 Å². The fraction of sp³-hybridized carbons (Fsp3) is 0.350. The minimum atomic E-state index is -0.192. The summed E-state index contributed by atoms with van der Waals surface area (Å²) in [7, 11) is 1.66. The summed E-state index contributed by atoms with van der Waals surface area (Å²) < 4.78 is 10.7. The maximum absolute atomic E-state index is 10.6. The number of aromatic hydroxyl groups is 1. The van der Waals surface area contributed by atoms with Gasteiger partial charge in [-0.1, -0.05) is 24.3 Å². The zero-order valence-electron chi connectivity index (χ0n) is 15.2. The van der Waals surface area contributed by atoms with Crippen LogP contribution in [0.3, 0.4) is 0 Å². The molecule has 0 aliphatic carbocycles. The first kappa shape index (κ1) is 18.1. The molecule has 3 N–H and O–H groups in total. The van der Waals surface area contributed by atoms with Gasteiger partial charge < -0.3 is 25.2 Å². The molecule has 0 saturated heterocycles. The topological polar surface area (TPSA) is 75.1 Å². The molecule has 1 heterocycles. The summed E-state index contributed by atoms with van der Waals surface area (Å²) in [5.74, 6) is 2.30. The van der Waals surface area contributed by atoms with Crippen molar-refractivity contribution in [3.8, 4) is 17.2 Å². The van der Waals surface area contributed by atoms with E-state index in [0.29, 0.717) is 25.4 Å². The van der Waals surface area contributed by atoms with Crippen LogP contribution in [0.25, 0.3) is 0 Å². The van der Waals surface area contributed by atoms with E-state index < -0.39 is 0 Å². The average Bonchev–Trinajstić information content (AvgIpc) is 2.69. The van der Waals surface area contributed by atoms with Gasteiger partial charge in [-0.15, -0.1) is 0 Å². The highest BCUT2D eigenvalue weighted by atomic mass is 16.5. The molecular formula is C20H25N3O3. The number of benzene rings is 2. The lowest BCUT2D eigenvalue weighted by Gasteiger charge is -2.27. The Morgan fingerprint density at radius 1 is 1.23 bits per heavy atom. The molecule has 0 aromatic heterocycles. The smallest absolute Gasteiger partial charge is 0.163 e. The second-order valence-electron chi connectivity index (χ2n) is 5.98. The van der Waals surface area contributed by atoms with Crippen LogP contribution in [-0.4, -0.2) is 37.7 Å². The van der Waals surface area contributed by atoms with Crippen LogP contribution in [0.1, 0.15) is 24.1 Å². The first-order chi connectivity index (χ1) is 12.7. The quantitative estimate of drug-likeness (QED) is 0.743. The van der Waals surface area contributed by atoms with E-state index in [2.05, 4.69) is 15.6 Å². The molecule has 0 saturated carbocycles. The van der Waals surface area contributed by atoms with Gasteiger partial charge in [-0.3, -0.25) is 4.99 Å². The monoisotopic (exact) mass is 355 g/mol. The third-order valence-corrected chi connectivity index (χ3v) is 4.29.